The normalized spacial score (nSPS) is 25.5. The SMILES string of the molecule is O=C1NC2(CC(CO)C2)C(=O)N1CCOc1ccc([N+](=O)[O-])cc1. The molecule has 128 valence electrons. The third kappa shape index (κ3) is 2.78. The summed E-state index contributed by atoms with van der Waals surface area (Å²) >= 11 is 0. The van der Waals surface area contributed by atoms with Crippen molar-refractivity contribution in [2.45, 2.75) is 18.4 Å². The summed E-state index contributed by atoms with van der Waals surface area (Å²) in [4.78, 5) is 35.5. The van der Waals surface area contributed by atoms with Crippen LogP contribution in [0.25, 0.3) is 0 Å². The Labute approximate surface area is 137 Å². The second kappa shape index (κ2) is 6.08. The molecule has 1 aromatic carbocycles. The number of urea groups is 1. The lowest BCUT2D eigenvalue weighted by atomic mass is 9.68. The quantitative estimate of drug-likeness (QED) is 0.447. The van der Waals surface area contributed by atoms with Crippen LogP contribution in [0.3, 0.4) is 0 Å². The van der Waals surface area contributed by atoms with Crippen molar-refractivity contribution in [2.75, 3.05) is 19.8 Å². The molecule has 9 heteroatoms. The fourth-order valence-electron chi connectivity index (χ4n) is 3.13. The van der Waals surface area contributed by atoms with E-state index >= 15 is 0 Å². The van der Waals surface area contributed by atoms with E-state index in [2.05, 4.69) is 5.32 Å². The van der Waals surface area contributed by atoms with E-state index in [0.717, 1.165) is 4.90 Å². The van der Waals surface area contributed by atoms with Gasteiger partial charge in [0.1, 0.15) is 17.9 Å². The lowest BCUT2D eigenvalue weighted by Crippen LogP contribution is -2.57. The first-order valence-corrected chi connectivity index (χ1v) is 7.57. The summed E-state index contributed by atoms with van der Waals surface area (Å²) in [6.45, 7) is 0.192. The molecule has 2 fully saturated rings. The van der Waals surface area contributed by atoms with Crippen LogP contribution in [0.1, 0.15) is 12.8 Å². The summed E-state index contributed by atoms with van der Waals surface area (Å²) in [6.07, 6.45) is 0.904. The van der Waals surface area contributed by atoms with Crippen molar-refractivity contribution >= 4 is 17.6 Å². The lowest BCUT2D eigenvalue weighted by Gasteiger charge is -2.41. The number of non-ortho nitro benzene ring substituents is 1. The van der Waals surface area contributed by atoms with E-state index in [1.807, 2.05) is 0 Å². The standard InChI is InChI=1S/C15H17N3O6/c19-9-10-7-15(8-10)13(20)17(14(21)16-15)5-6-24-12-3-1-11(2-4-12)18(22)23/h1-4,10,19H,5-9H2,(H,16,21). The van der Waals surface area contributed by atoms with Crippen molar-refractivity contribution in [3.05, 3.63) is 34.4 Å². The van der Waals surface area contributed by atoms with Crippen molar-refractivity contribution in [1.29, 1.82) is 0 Å². The third-order valence-electron chi connectivity index (χ3n) is 4.41. The van der Waals surface area contributed by atoms with Gasteiger partial charge in [0, 0.05) is 18.7 Å². The molecule has 9 nitrogen and oxygen atoms in total. The molecule has 0 aromatic heterocycles. The Balaban J connectivity index is 1.52. The number of ether oxygens (including phenoxy) is 1. The summed E-state index contributed by atoms with van der Waals surface area (Å²) in [5.74, 6) is 0.182. The first kappa shape index (κ1) is 16.2. The lowest BCUT2D eigenvalue weighted by molar-refractivity contribution is -0.384. The van der Waals surface area contributed by atoms with Gasteiger partial charge in [0.15, 0.2) is 0 Å². The zero-order valence-corrected chi connectivity index (χ0v) is 12.8. The van der Waals surface area contributed by atoms with Crippen LogP contribution < -0.4 is 10.1 Å². The van der Waals surface area contributed by atoms with Crippen LogP contribution in [-0.4, -0.2) is 52.2 Å². The number of aliphatic hydroxyl groups is 1. The van der Waals surface area contributed by atoms with Gasteiger partial charge in [-0.15, -0.1) is 0 Å². The molecule has 1 spiro atoms. The van der Waals surface area contributed by atoms with Gasteiger partial charge in [0.2, 0.25) is 0 Å². The molecule has 24 heavy (non-hydrogen) atoms. The van der Waals surface area contributed by atoms with Crippen molar-refractivity contribution in [1.82, 2.24) is 10.2 Å². The number of aliphatic hydroxyl groups excluding tert-OH is 1. The van der Waals surface area contributed by atoms with E-state index in [1.165, 1.54) is 24.3 Å². The van der Waals surface area contributed by atoms with Crippen LogP contribution >= 0.6 is 0 Å². The number of rotatable bonds is 6. The number of nitrogens with one attached hydrogen (secondary N) is 1. The Hall–Kier alpha value is -2.68. The number of carbonyl (C=O) groups excluding carboxylic acids is 2. The second-order valence-corrected chi connectivity index (χ2v) is 6.03. The minimum atomic E-state index is -0.863. The van der Waals surface area contributed by atoms with E-state index in [0.29, 0.717) is 18.6 Å². The summed E-state index contributed by atoms with van der Waals surface area (Å²) in [6, 6.07) is 5.11. The van der Waals surface area contributed by atoms with Gasteiger partial charge in [-0.3, -0.25) is 19.8 Å². The molecule has 1 heterocycles. The van der Waals surface area contributed by atoms with Crippen molar-refractivity contribution < 1.29 is 24.4 Å². The number of hydrogen-bond acceptors (Lipinski definition) is 6. The highest BCUT2D eigenvalue weighted by atomic mass is 16.6. The van der Waals surface area contributed by atoms with Crippen molar-refractivity contribution in [3.8, 4) is 5.75 Å². The molecular weight excluding hydrogens is 318 g/mol. The Morgan fingerprint density at radius 2 is 2.00 bits per heavy atom. The van der Waals surface area contributed by atoms with E-state index in [1.54, 1.807) is 0 Å². The predicted octanol–water partition coefficient (Wildman–Crippen LogP) is 0.666. The Morgan fingerprint density at radius 1 is 1.33 bits per heavy atom. The zero-order valence-electron chi connectivity index (χ0n) is 12.8. The number of amides is 3. The van der Waals surface area contributed by atoms with E-state index in [4.69, 9.17) is 9.84 Å². The Kier molecular flexibility index (Phi) is 4.10. The van der Waals surface area contributed by atoms with Gasteiger partial charge in [0.25, 0.3) is 11.6 Å². The van der Waals surface area contributed by atoms with Gasteiger partial charge >= 0.3 is 6.03 Å². The fraction of sp³-hybridized carbons (Fsp3) is 0.467. The zero-order chi connectivity index (χ0) is 17.3. The second-order valence-electron chi connectivity index (χ2n) is 6.03. The number of nitro benzene ring substituents is 1. The molecule has 3 rings (SSSR count). The van der Waals surface area contributed by atoms with Crippen molar-refractivity contribution in [3.63, 3.8) is 0 Å². The van der Waals surface area contributed by atoms with Crippen LogP contribution in [0.4, 0.5) is 10.5 Å². The summed E-state index contributed by atoms with van der Waals surface area (Å²) in [7, 11) is 0. The average molecular weight is 335 g/mol. The average Bonchev–Trinajstić information content (AvgIpc) is 2.78. The molecule has 1 saturated heterocycles. The number of hydrogen-bond donors (Lipinski definition) is 2. The highest BCUT2D eigenvalue weighted by Gasteiger charge is 2.58. The highest BCUT2D eigenvalue weighted by molar-refractivity contribution is 6.07. The molecule has 1 saturated carbocycles. The summed E-state index contributed by atoms with van der Waals surface area (Å²) in [5, 5.41) is 22.3. The smallest absolute Gasteiger partial charge is 0.325 e. The Morgan fingerprint density at radius 3 is 2.58 bits per heavy atom. The fourth-order valence-corrected chi connectivity index (χ4v) is 3.13. The number of nitro groups is 1. The molecule has 0 unspecified atom stereocenters. The summed E-state index contributed by atoms with van der Waals surface area (Å²) < 4.78 is 5.42. The van der Waals surface area contributed by atoms with Crippen LogP contribution in [0.15, 0.2) is 24.3 Å². The first-order chi connectivity index (χ1) is 11.4. The van der Waals surface area contributed by atoms with Gasteiger partial charge in [-0.2, -0.15) is 0 Å². The van der Waals surface area contributed by atoms with Crippen molar-refractivity contribution in [2.24, 2.45) is 5.92 Å². The van der Waals surface area contributed by atoms with E-state index in [-0.39, 0.29) is 37.3 Å². The Bertz CT molecular complexity index is 668. The molecule has 0 bridgehead atoms. The monoisotopic (exact) mass is 335 g/mol. The van der Waals surface area contributed by atoms with E-state index in [9.17, 15) is 19.7 Å². The number of nitrogens with zero attached hydrogens (tertiary/aromatic N) is 2. The molecule has 0 radical (unpaired) electrons. The molecule has 3 amide bonds. The van der Waals surface area contributed by atoms with E-state index < -0.39 is 16.5 Å². The number of benzene rings is 1. The van der Waals surface area contributed by atoms with Gasteiger partial charge < -0.3 is 15.2 Å². The number of imide groups is 1. The van der Waals surface area contributed by atoms with Crippen LogP contribution in [0, 0.1) is 16.0 Å². The predicted molar refractivity (Wildman–Crippen MR) is 81.4 cm³/mol. The maximum atomic E-state index is 12.4. The molecule has 0 atom stereocenters. The maximum Gasteiger partial charge on any atom is 0.325 e. The highest BCUT2D eigenvalue weighted by Crippen LogP contribution is 2.41. The third-order valence-corrected chi connectivity index (χ3v) is 4.41. The van der Waals surface area contributed by atoms with Crippen LogP contribution in [-0.2, 0) is 4.79 Å². The van der Waals surface area contributed by atoms with Gasteiger partial charge in [-0.25, -0.2) is 4.79 Å². The molecule has 1 aromatic rings. The summed E-state index contributed by atoms with van der Waals surface area (Å²) in [5.41, 5.74) is -0.903. The number of carbonyl (C=O) groups is 2. The molecule has 1 aliphatic carbocycles. The molecular formula is C15H17N3O6. The maximum absolute atomic E-state index is 12.4. The molecule has 2 N–H and O–H groups in total. The van der Waals surface area contributed by atoms with Gasteiger partial charge in [-0.05, 0) is 30.9 Å². The van der Waals surface area contributed by atoms with Gasteiger partial charge in [0.05, 0.1) is 11.5 Å². The molecule has 2 aliphatic rings. The largest absolute Gasteiger partial charge is 0.492 e. The minimum absolute atomic E-state index is 0.00809. The topological polar surface area (TPSA) is 122 Å². The van der Waals surface area contributed by atoms with Crippen LogP contribution in [0.2, 0.25) is 0 Å². The first-order valence-electron chi connectivity index (χ1n) is 7.57. The van der Waals surface area contributed by atoms with Crippen LogP contribution in [0.5, 0.6) is 5.75 Å². The van der Waals surface area contributed by atoms with Gasteiger partial charge in [-0.1, -0.05) is 0 Å². The molecule has 1 aliphatic heterocycles. The minimum Gasteiger partial charge on any atom is -0.492 e.